The van der Waals surface area contributed by atoms with Gasteiger partial charge in [0.2, 0.25) is 5.91 Å². The van der Waals surface area contributed by atoms with Gasteiger partial charge in [0.25, 0.3) is 5.91 Å². The second-order valence-electron chi connectivity index (χ2n) is 5.17. The molecule has 0 fully saturated rings. The van der Waals surface area contributed by atoms with Crippen molar-refractivity contribution in [3.63, 3.8) is 0 Å². The van der Waals surface area contributed by atoms with Crippen LogP contribution >= 0.6 is 0 Å². The maximum Gasteiger partial charge on any atom is 0.287 e. The van der Waals surface area contributed by atoms with Gasteiger partial charge in [-0.2, -0.15) is 0 Å². The lowest BCUT2D eigenvalue weighted by atomic mass is 10.1. The zero-order valence-corrected chi connectivity index (χ0v) is 13.3. The van der Waals surface area contributed by atoms with Crippen LogP contribution in [0.25, 0.3) is 0 Å². The highest BCUT2D eigenvalue weighted by Gasteiger charge is 2.10. The summed E-state index contributed by atoms with van der Waals surface area (Å²) in [6, 6.07) is 11.0. The molecule has 0 radical (unpaired) electrons. The van der Waals surface area contributed by atoms with Crippen LogP contribution in [-0.2, 0) is 4.79 Å². The minimum atomic E-state index is -0.490. The largest absolute Gasteiger partial charge is 0.443 e. The van der Waals surface area contributed by atoms with Crippen molar-refractivity contribution in [3.05, 3.63) is 59.0 Å². The van der Waals surface area contributed by atoms with Gasteiger partial charge in [-0.25, -0.2) is 5.48 Å². The monoisotopic (exact) mass is 326 g/mol. The van der Waals surface area contributed by atoms with Crippen molar-refractivity contribution in [2.24, 2.45) is 0 Å². The average molecular weight is 326 g/mol. The van der Waals surface area contributed by atoms with E-state index in [2.05, 4.69) is 17.2 Å². The van der Waals surface area contributed by atoms with Gasteiger partial charge in [-0.05, 0) is 43.5 Å². The van der Waals surface area contributed by atoms with Gasteiger partial charge in [-0.15, -0.1) is 0 Å². The maximum atomic E-state index is 11.9. The first-order valence-corrected chi connectivity index (χ1v) is 7.48. The van der Waals surface area contributed by atoms with Crippen LogP contribution in [0.5, 0.6) is 0 Å². The summed E-state index contributed by atoms with van der Waals surface area (Å²) in [7, 11) is 0. The number of amides is 2. The Kier molecular flexibility index (Phi) is 6.17. The third-order valence-corrected chi connectivity index (χ3v) is 3.20. The molecule has 0 aliphatic heterocycles. The number of carbonyl (C=O) groups is 2. The van der Waals surface area contributed by atoms with Crippen LogP contribution in [0.1, 0.15) is 40.3 Å². The summed E-state index contributed by atoms with van der Waals surface area (Å²) in [6.07, 6.45) is 0.543. The van der Waals surface area contributed by atoms with Crippen molar-refractivity contribution in [3.8, 4) is 11.8 Å². The van der Waals surface area contributed by atoms with Crippen LogP contribution in [0, 0.1) is 18.8 Å². The van der Waals surface area contributed by atoms with Crippen molar-refractivity contribution in [1.29, 1.82) is 0 Å². The molecule has 3 N–H and O–H groups in total. The Hall–Kier alpha value is -3.04. The average Bonchev–Trinajstić information content (AvgIpc) is 3.07. The molecule has 24 heavy (non-hydrogen) atoms. The Bertz CT molecular complexity index is 766. The van der Waals surface area contributed by atoms with Crippen molar-refractivity contribution >= 4 is 11.8 Å². The molecule has 2 amide bonds. The van der Waals surface area contributed by atoms with Gasteiger partial charge in [-0.1, -0.05) is 23.6 Å². The summed E-state index contributed by atoms with van der Waals surface area (Å²) in [4.78, 5) is 22.7. The van der Waals surface area contributed by atoms with E-state index < -0.39 is 5.91 Å². The van der Waals surface area contributed by atoms with Gasteiger partial charge >= 0.3 is 0 Å². The van der Waals surface area contributed by atoms with Crippen molar-refractivity contribution in [1.82, 2.24) is 10.8 Å². The van der Waals surface area contributed by atoms with Crippen LogP contribution in [0.4, 0.5) is 0 Å². The summed E-state index contributed by atoms with van der Waals surface area (Å²) in [6.45, 7) is 2.31. The van der Waals surface area contributed by atoms with Crippen LogP contribution in [0.2, 0.25) is 0 Å². The molecule has 0 aliphatic carbocycles. The predicted octanol–water partition coefficient (Wildman–Crippen LogP) is 2.00. The maximum absolute atomic E-state index is 11.9. The number of hydrogen-bond acceptors (Lipinski definition) is 4. The Balaban J connectivity index is 1.87. The first kappa shape index (κ1) is 17.3. The number of hydroxylamine groups is 1. The SMILES string of the molecule is Cc1ccc(C#Cc2ccc(C(=O)NCCCC(=O)NO)o2)cc1. The Labute approximate surface area is 139 Å². The Morgan fingerprint density at radius 1 is 1.12 bits per heavy atom. The summed E-state index contributed by atoms with van der Waals surface area (Å²) >= 11 is 0. The van der Waals surface area contributed by atoms with E-state index in [0.717, 1.165) is 11.1 Å². The lowest BCUT2D eigenvalue weighted by Crippen LogP contribution is -2.26. The van der Waals surface area contributed by atoms with Crippen LogP contribution < -0.4 is 10.8 Å². The number of carbonyl (C=O) groups excluding carboxylic acids is 2. The quantitative estimate of drug-likeness (QED) is 0.339. The van der Waals surface area contributed by atoms with E-state index in [1.54, 1.807) is 12.1 Å². The fourth-order valence-corrected chi connectivity index (χ4v) is 1.89. The molecule has 0 bridgehead atoms. The number of rotatable bonds is 5. The molecule has 0 saturated heterocycles. The molecule has 0 saturated carbocycles. The van der Waals surface area contributed by atoms with E-state index in [1.807, 2.05) is 31.2 Å². The number of nitrogens with one attached hydrogen (secondary N) is 2. The number of furan rings is 1. The number of hydrogen-bond donors (Lipinski definition) is 3. The summed E-state index contributed by atoms with van der Waals surface area (Å²) in [5.41, 5.74) is 3.56. The lowest BCUT2D eigenvalue weighted by Gasteiger charge is -2.02. The van der Waals surface area contributed by atoms with Gasteiger partial charge in [0, 0.05) is 18.5 Å². The minimum absolute atomic E-state index is 0.127. The van der Waals surface area contributed by atoms with Gasteiger partial charge < -0.3 is 9.73 Å². The highest BCUT2D eigenvalue weighted by atomic mass is 16.5. The fourth-order valence-electron chi connectivity index (χ4n) is 1.89. The molecule has 0 aliphatic rings. The molecule has 124 valence electrons. The van der Waals surface area contributed by atoms with E-state index in [9.17, 15) is 9.59 Å². The molecule has 0 unspecified atom stereocenters. The Morgan fingerprint density at radius 2 is 1.88 bits per heavy atom. The van der Waals surface area contributed by atoms with E-state index in [-0.39, 0.29) is 18.1 Å². The predicted molar refractivity (Wildman–Crippen MR) is 87.4 cm³/mol. The van der Waals surface area contributed by atoms with Crippen molar-refractivity contribution < 1.29 is 19.2 Å². The Morgan fingerprint density at radius 3 is 2.58 bits per heavy atom. The lowest BCUT2D eigenvalue weighted by molar-refractivity contribution is -0.129. The van der Waals surface area contributed by atoms with Gasteiger partial charge in [0.1, 0.15) is 0 Å². The second-order valence-corrected chi connectivity index (χ2v) is 5.17. The van der Waals surface area contributed by atoms with E-state index in [1.165, 1.54) is 5.48 Å². The molecule has 2 aromatic rings. The normalized spacial score (nSPS) is 9.75. The molecular formula is C18H18N2O4. The third kappa shape index (κ3) is 5.30. The summed E-state index contributed by atoms with van der Waals surface area (Å²) < 4.78 is 5.39. The van der Waals surface area contributed by atoms with Gasteiger partial charge in [0.05, 0.1) is 0 Å². The zero-order valence-electron chi connectivity index (χ0n) is 13.3. The first-order valence-electron chi connectivity index (χ1n) is 7.48. The number of aryl methyl sites for hydroxylation is 1. The minimum Gasteiger partial charge on any atom is -0.443 e. The highest BCUT2D eigenvalue weighted by Crippen LogP contribution is 2.07. The molecule has 2 rings (SSSR count). The molecule has 0 spiro atoms. The van der Waals surface area contributed by atoms with Gasteiger partial charge in [-0.3, -0.25) is 14.8 Å². The molecule has 1 aromatic heterocycles. The molecule has 6 heteroatoms. The fraction of sp³-hybridized carbons (Fsp3) is 0.222. The first-order chi connectivity index (χ1) is 11.6. The van der Waals surface area contributed by atoms with E-state index in [4.69, 9.17) is 9.62 Å². The topological polar surface area (TPSA) is 91.6 Å². The third-order valence-electron chi connectivity index (χ3n) is 3.20. The van der Waals surface area contributed by atoms with E-state index in [0.29, 0.717) is 18.7 Å². The molecule has 0 atom stereocenters. The smallest absolute Gasteiger partial charge is 0.287 e. The summed E-state index contributed by atoms with van der Waals surface area (Å²) in [5.74, 6) is 5.54. The molecular weight excluding hydrogens is 308 g/mol. The van der Waals surface area contributed by atoms with Crippen LogP contribution in [0.3, 0.4) is 0 Å². The van der Waals surface area contributed by atoms with Gasteiger partial charge in [0.15, 0.2) is 11.5 Å². The van der Waals surface area contributed by atoms with Crippen LogP contribution in [0.15, 0.2) is 40.8 Å². The van der Waals surface area contributed by atoms with Crippen molar-refractivity contribution in [2.75, 3.05) is 6.54 Å². The summed E-state index contributed by atoms with van der Waals surface area (Å²) in [5, 5.41) is 11.0. The highest BCUT2D eigenvalue weighted by molar-refractivity contribution is 5.91. The standard InChI is InChI=1S/C18H18N2O4/c1-13-4-6-14(7-5-13)8-9-15-10-11-16(24-15)18(22)19-12-2-3-17(21)20-23/h4-7,10-11,23H,2-3,12H2,1H3,(H,19,22)(H,20,21). The van der Waals surface area contributed by atoms with E-state index >= 15 is 0 Å². The molecule has 6 nitrogen and oxygen atoms in total. The zero-order chi connectivity index (χ0) is 17.4. The van der Waals surface area contributed by atoms with Crippen molar-refractivity contribution in [2.45, 2.75) is 19.8 Å². The number of benzene rings is 1. The molecule has 1 heterocycles. The second kappa shape index (κ2) is 8.56. The van der Waals surface area contributed by atoms with Crippen LogP contribution in [-0.4, -0.2) is 23.6 Å². The molecule has 1 aromatic carbocycles.